The van der Waals surface area contributed by atoms with Gasteiger partial charge in [-0.15, -0.1) is 22.9 Å². The van der Waals surface area contributed by atoms with Crippen molar-refractivity contribution in [3.63, 3.8) is 0 Å². The van der Waals surface area contributed by atoms with Gasteiger partial charge in [-0.1, -0.05) is 18.2 Å². The molecule has 0 aliphatic heterocycles. The lowest BCUT2D eigenvalue weighted by Crippen LogP contribution is -2.17. The van der Waals surface area contributed by atoms with Crippen LogP contribution in [0.1, 0.15) is 11.3 Å². The Kier molecular flexibility index (Phi) is 3.80. The fourth-order valence-electron chi connectivity index (χ4n) is 1.64. The third kappa shape index (κ3) is 2.54. The third-order valence-corrected chi connectivity index (χ3v) is 3.35. The molecule has 0 saturated heterocycles. The van der Waals surface area contributed by atoms with Crippen LogP contribution in [0.2, 0.25) is 0 Å². The highest BCUT2D eigenvalue weighted by molar-refractivity contribution is 7.07. The summed E-state index contributed by atoms with van der Waals surface area (Å²) in [5, 5.41) is 2.07. The molecule has 0 aliphatic carbocycles. The van der Waals surface area contributed by atoms with Gasteiger partial charge in [0.25, 0.3) is 0 Å². The van der Waals surface area contributed by atoms with Crippen LogP contribution in [0, 0.1) is 0 Å². The van der Waals surface area contributed by atoms with Crippen molar-refractivity contribution in [2.45, 2.75) is 12.4 Å². The van der Waals surface area contributed by atoms with Crippen LogP contribution in [0.4, 0.5) is 5.69 Å². The minimum atomic E-state index is 0.539. The van der Waals surface area contributed by atoms with Crippen LogP contribution >= 0.6 is 22.9 Å². The van der Waals surface area contributed by atoms with Crippen LogP contribution in [-0.2, 0) is 12.4 Å². The van der Waals surface area contributed by atoms with E-state index in [0.717, 1.165) is 17.8 Å². The van der Waals surface area contributed by atoms with Gasteiger partial charge in [-0.3, -0.25) is 0 Å². The monoisotopic (exact) mass is 252 g/mol. The number of thiazole rings is 1. The van der Waals surface area contributed by atoms with Crippen LogP contribution in [0.25, 0.3) is 0 Å². The summed E-state index contributed by atoms with van der Waals surface area (Å²) in [4.78, 5) is 6.45. The predicted molar refractivity (Wildman–Crippen MR) is 70.2 cm³/mol. The smallest absolute Gasteiger partial charge is 0.0795 e. The van der Waals surface area contributed by atoms with Crippen molar-refractivity contribution in [2.24, 2.45) is 0 Å². The zero-order valence-corrected chi connectivity index (χ0v) is 10.6. The molecular formula is C12H13ClN2S. The summed E-state index contributed by atoms with van der Waals surface area (Å²) in [6, 6.07) is 8.19. The maximum absolute atomic E-state index is 5.92. The molecule has 0 aliphatic rings. The second kappa shape index (κ2) is 5.32. The molecule has 2 aromatic rings. The fourth-order valence-corrected chi connectivity index (χ4v) is 2.42. The van der Waals surface area contributed by atoms with Gasteiger partial charge in [0.2, 0.25) is 0 Å². The first-order valence-electron chi connectivity index (χ1n) is 5.03. The summed E-state index contributed by atoms with van der Waals surface area (Å²) in [5.41, 5.74) is 5.28. The van der Waals surface area contributed by atoms with Gasteiger partial charge in [0, 0.05) is 24.0 Å². The van der Waals surface area contributed by atoms with E-state index in [2.05, 4.69) is 34.4 Å². The Bertz CT molecular complexity index is 442. The molecule has 0 atom stereocenters. The van der Waals surface area contributed by atoms with Crippen LogP contribution in [0.5, 0.6) is 0 Å². The van der Waals surface area contributed by atoms with E-state index in [-0.39, 0.29) is 0 Å². The molecular weight excluding hydrogens is 240 g/mol. The van der Waals surface area contributed by atoms with E-state index in [0.29, 0.717) is 5.88 Å². The first kappa shape index (κ1) is 11.4. The summed E-state index contributed by atoms with van der Waals surface area (Å²) in [5.74, 6) is 0.539. The van der Waals surface area contributed by atoms with E-state index in [1.807, 2.05) is 17.6 Å². The minimum Gasteiger partial charge on any atom is -0.368 e. The van der Waals surface area contributed by atoms with Crippen molar-refractivity contribution in [3.8, 4) is 0 Å². The molecule has 0 amide bonds. The molecule has 2 nitrogen and oxygen atoms in total. The van der Waals surface area contributed by atoms with Crippen LogP contribution in [0.3, 0.4) is 0 Å². The van der Waals surface area contributed by atoms with E-state index < -0.39 is 0 Å². The van der Waals surface area contributed by atoms with Gasteiger partial charge in [0.15, 0.2) is 0 Å². The molecule has 84 valence electrons. The molecule has 1 aromatic carbocycles. The van der Waals surface area contributed by atoms with Gasteiger partial charge in [-0.2, -0.15) is 0 Å². The Labute approximate surface area is 105 Å². The van der Waals surface area contributed by atoms with E-state index >= 15 is 0 Å². The van der Waals surface area contributed by atoms with E-state index in [9.17, 15) is 0 Å². The zero-order chi connectivity index (χ0) is 11.4. The van der Waals surface area contributed by atoms with Crippen molar-refractivity contribution in [2.75, 3.05) is 11.9 Å². The average Bonchev–Trinajstić information content (AvgIpc) is 2.81. The summed E-state index contributed by atoms with van der Waals surface area (Å²) >= 11 is 7.54. The topological polar surface area (TPSA) is 16.1 Å². The molecule has 0 bridgehead atoms. The van der Waals surface area contributed by atoms with Crippen molar-refractivity contribution in [1.29, 1.82) is 0 Å². The number of aromatic nitrogens is 1. The van der Waals surface area contributed by atoms with Crippen LogP contribution in [0.15, 0.2) is 35.2 Å². The Morgan fingerprint density at radius 1 is 1.38 bits per heavy atom. The number of alkyl halides is 1. The van der Waals surface area contributed by atoms with Gasteiger partial charge >= 0.3 is 0 Å². The molecule has 1 heterocycles. The normalized spacial score (nSPS) is 10.4. The lowest BCUT2D eigenvalue weighted by Gasteiger charge is -2.20. The Morgan fingerprint density at radius 2 is 2.19 bits per heavy atom. The SMILES string of the molecule is CN(Cc1cscn1)c1ccccc1CCl. The zero-order valence-electron chi connectivity index (χ0n) is 9.06. The maximum atomic E-state index is 5.92. The van der Waals surface area contributed by atoms with E-state index in [4.69, 9.17) is 11.6 Å². The second-order valence-corrected chi connectivity index (χ2v) is 4.58. The maximum Gasteiger partial charge on any atom is 0.0795 e. The second-order valence-electron chi connectivity index (χ2n) is 3.60. The lowest BCUT2D eigenvalue weighted by molar-refractivity contribution is 0.889. The molecule has 0 unspecified atom stereocenters. The summed E-state index contributed by atoms with van der Waals surface area (Å²) in [6.07, 6.45) is 0. The number of anilines is 1. The molecule has 0 saturated carbocycles. The molecule has 0 N–H and O–H groups in total. The number of benzene rings is 1. The quantitative estimate of drug-likeness (QED) is 0.774. The number of halogens is 1. The molecule has 4 heteroatoms. The van der Waals surface area contributed by atoms with Gasteiger partial charge < -0.3 is 4.90 Å². The first-order chi connectivity index (χ1) is 7.81. The number of hydrogen-bond donors (Lipinski definition) is 0. The fraction of sp³-hybridized carbons (Fsp3) is 0.250. The van der Waals surface area contributed by atoms with Crippen molar-refractivity contribution in [1.82, 2.24) is 4.98 Å². The predicted octanol–water partition coefficient (Wildman–Crippen LogP) is 3.52. The van der Waals surface area contributed by atoms with Crippen LogP contribution < -0.4 is 4.90 Å². The van der Waals surface area contributed by atoms with Crippen molar-refractivity contribution in [3.05, 3.63) is 46.4 Å². The highest BCUT2D eigenvalue weighted by Crippen LogP contribution is 2.22. The van der Waals surface area contributed by atoms with Gasteiger partial charge in [-0.05, 0) is 11.6 Å². The molecule has 0 radical (unpaired) electrons. The highest BCUT2D eigenvalue weighted by Gasteiger charge is 2.07. The largest absolute Gasteiger partial charge is 0.368 e. The van der Waals surface area contributed by atoms with Gasteiger partial charge in [0.05, 0.1) is 17.7 Å². The molecule has 2 rings (SSSR count). The number of hydrogen-bond acceptors (Lipinski definition) is 3. The standard InChI is InChI=1S/C12H13ClN2S/c1-15(7-11-8-16-9-14-11)12-5-3-2-4-10(12)6-13/h2-5,8-9H,6-7H2,1H3. The van der Waals surface area contributed by atoms with Gasteiger partial charge in [0.1, 0.15) is 0 Å². The number of para-hydroxylation sites is 1. The summed E-state index contributed by atoms with van der Waals surface area (Å²) in [7, 11) is 2.06. The van der Waals surface area contributed by atoms with Crippen molar-refractivity contribution >= 4 is 28.6 Å². The third-order valence-electron chi connectivity index (χ3n) is 2.43. The molecule has 16 heavy (non-hydrogen) atoms. The van der Waals surface area contributed by atoms with E-state index in [1.165, 1.54) is 5.69 Å². The summed E-state index contributed by atoms with van der Waals surface area (Å²) in [6.45, 7) is 0.817. The van der Waals surface area contributed by atoms with Crippen LogP contribution in [-0.4, -0.2) is 12.0 Å². The minimum absolute atomic E-state index is 0.539. The Balaban J connectivity index is 2.17. The lowest BCUT2D eigenvalue weighted by atomic mass is 10.2. The number of nitrogens with zero attached hydrogens (tertiary/aromatic N) is 2. The summed E-state index contributed by atoms with van der Waals surface area (Å²) < 4.78 is 0. The Morgan fingerprint density at radius 3 is 2.88 bits per heavy atom. The average molecular weight is 253 g/mol. The number of rotatable bonds is 4. The molecule has 0 spiro atoms. The molecule has 0 fully saturated rings. The van der Waals surface area contributed by atoms with E-state index in [1.54, 1.807) is 11.3 Å². The Hall–Kier alpha value is -1.06. The first-order valence-corrected chi connectivity index (χ1v) is 6.51. The molecule has 1 aromatic heterocycles. The highest BCUT2D eigenvalue weighted by atomic mass is 35.5. The van der Waals surface area contributed by atoms with Crippen molar-refractivity contribution < 1.29 is 0 Å². The van der Waals surface area contributed by atoms with Gasteiger partial charge in [-0.25, -0.2) is 4.98 Å².